The molecule has 0 aliphatic carbocycles. The third-order valence-electron chi connectivity index (χ3n) is 6.28. The number of benzene rings is 2. The molecule has 3 aromatic rings. The maximum Gasteiger partial charge on any atom is 0.240 e. The quantitative estimate of drug-likeness (QED) is 0.539. The highest BCUT2D eigenvalue weighted by Gasteiger charge is 2.20. The van der Waals surface area contributed by atoms with Crippen LogP contribution in [0.3, 0.4) is 0 Å². The lowest BCUT2D eigenvalue weighted by atomic mass is 10.1. The number of ether oxygens (including phenoxy) is 1. The third kappa shape index (κ3) is 6.48. The van der Waals surface area contributed by atoms with E-state index in [4.69, 9.17) is 4.74 Å². The average molecular weight is 479 g/mol. The van der Waals surface area contributed by atoms with Gasteiger partial charge in [0.1, 0.15) is 12.4 Å². The van der Waals surface area contributed by atoms with E-state index >= 15 is 0 Å². The number of amides is 1. The van der Waals surface area contributed by atoms with Crippen molar-refractivity contribution in [1.82, 2.24) is 14.8 Å². The molecule has 2 heterocycles. The van der Waals surface area contributed by atoms with Crippen molar-refractivity contribution >= 4 is 11.6 Å². The van der Waals surface area contributed by atoms with Gasteiger partial charge >= 0.3 is 0 Å². The molecule has 1 amide bonds. The van der Waals surface area contributed by atoms with Crippen LogP contribution in [0.25, 0.3) is 0 Å². The molecule has 0 bridgehead atoms. The minimum atomic E-state index is -0.243. The Balaban J connectivity index is 1.40. The number of carbonyl (C=O) groups is 1. The number of hydrogen-bond acceptors (Lipinski definition) is 5. The van der Waals surface area contributed by atoms with Gasteiger partial charge in [0, 0.05) is 56.7 Å². The van der Waals surface area contributed by atoms with E-state index in [1.54, 1.807) is 29.0 Å². The van der Waals surface area contributed by atoms with Gasteiger partial charge in [-0.1, -0.05) is 29.8 Å². The van der Waals surface area contributed by atoms with E-state index in [-0.39, 0.29) is 29.4 Å². The van der Waals surface area contributed by atoms with Crippen LogP contribution >= 0.6 is 0 Å². The Morgan fingerprint density at radius 3 is 2.37 bits per heavy atom. The van der Waals surface area contributed by atoms with E-state index in [9.17, 15) is 14.0 Å². The zero-order chi connectivity index (χ0) is 24.8. The van der Waals surface area contributed by atoms with Crippen LogP contribution in [0, 0.1) is 12.7 Å². The van der Waals surface area contributed by atoms with Gasteiger partial charge in [-0.2, -0.15) is 0 Å². The molecule has 0 saturated carbocycles. The second-order valence-corrected chi connectivity index (χ2v) is 8.83. The minimum absolute atomic E-state index is 0.0907. The monoisotopic (exact) mass is 478 g/mol. The fraction of sp³-hybridized carbons (Fsp3) is 0.333. The molecular formula is C27H31FN4O3. The van der Waals surface area contributed by atoms with Crippen molar-refractivity contribution in [3.63, 3.8) is 0 Å². The van der Waals surface area contributed by atoms with Gasteiger partial charge in [0.2, 0.25) is 11.3 Å². The first-order valence-corrected chi connectivity index (χ1v) is 11.7. The summed E-state index contributed by atoms with van der Waals surface area (Å²) in [6, 6.07) is 16.1. The van der Waals surface area contributed by atoms with Crippen LogP contribution in [0.1, 0.15) is 16.8 Å². The number of pyridine rings is 1. The maximum absolute atomic E-state index is 13.2. The van der Waals surface area contributed by atoms with Crippen LogP contribution in [0.15, 0.2) is 65.6 Å². The fourth-order valence-corrected chi connectivity index (χ4v) is 4.19. The van der Waals surface area contributed by atoms with Gasteiger partial charge in [0.25, 0.3) is 0 Å². The van der Waals surface area contributed by atoms with E-state index in [0.717, 1.165) is 43.1 Å². The summed E-state index contributed by atoms with van der Waals surface area (Å²) >= 11 is 0. The number of halogens is 1. The van der Waals surface area contributed by atoms with Crippen molar-refractivity contribution in [2.45, 2.75) is 26.6 Å². The highest BCUT2D eigenvalue weighted by molar-refractivity contribution is 5.75. The highest BCUT2D eigenvalue weighted by Crippen LogP contribution is 2.18. The fourth-order valence-electron chi connectivity index (χ4n) is 4.19. The van der Waals surface area contributed by atoms with Crippen molar-refractivity contribution in [2.24, 2.45) is 0 Å². The van der Waals surface area contributed by atoms with Crippen LogP contribution in [-0.4, -0.2) is 48.7 Å². The topological polar surface area (TPSA) is 66.8 Å². The number of hydrogen-bond donors (Lipinski definition) is 1. The van der Waals surface area contributed by atoms with Crippen LogP contribution in [-0.2, 0) is 24.4 Å². The van der Waals surface area contributed by atoms with E-state index in [1.807, 2.05) is 31.2 Å². The summed E-state index contributed by atoms with van der Waals surface area (Å²) in [4.78, 5) is 29.6. The summed E-state index contributed by atoms with van der Waals surface area (Å²) in [5, 5.41) is 2.95. The number of anilines is 1. The van der Waals surface area contributed by atoms with Gasteiger partial charge in [-0.15, -0.1) is 0 Å². The van der Waals surface area contributed by atoms with Crippen LogP contribution < -0.4 is 20.4 Å². The normalized spacial score (nSPS) is 14.1. The van der Waals surface area contributed by atoms with E-state index < -0.39 is 0 Å². The Morgan fingerprint density at radius 1 is 1.03 bits per heavy atom. The molecule has 1 N–H and O–H groups in total. The molecule has 2 aromatic carbocycles. The summed E-state index contributed by atoms with van der Waals surface area (Å²) in [6.07, 6.45) is 1.61. The largest absolute Gasteiger partial charge is 0.491 e. The molecule has 7 nitrogen and oxygen atoms in total. The molecule has 0 atom stereocenters. The lowest BCUT2D eigenvalue weighted by molar-refractivity contribution is -0.121. The van der Waals surface area contributed by atoms with E-state index in [2.05, 4.69) is 15.1 Å². The number of piperazine rings is 1. The molecule has 1 aliphatic heterocycles. The lowest BCUT2D eigenvalue weighted by Crippen LogP contribution is -2.46. The SMILES string of the molecule is COc1cn(CC(=O)NCc2ccc(C)cc2)c(CN2CCN(c3ccc(F)cc3)CC2)cc1=O. The van der Waals surface area contributed by atoms with Gasteiger partial charge < -0.3 is 19.5 Å². The molecule has 0 spiro atoms. The highest BCUT2D eigenvalue weighted by atomic mass is 19.1. The van der Waals surface area contributed by atoms with Crippen molar-refractivity contribution in [2.75, 3.05) is 38.2 Å². The summed E-state index contributed by atoms with van der Waals surface area (Å²) in [7, 11) is 1.45. The van der Waals surface area contributed by atoms with Gasteiger partial charge in [-0.05, 0) is 36.8 Å². The number of rotatable bonds is 8. The Labute approximate surface area is 204 Å². The van der Waals surface area contributed by atoms with Gasteiger partial charge in [0.15, 0.2) is 5.75 Å². The predicted molar refractivity (Wildman–Crippen MR) is 134 cm³/mol. The zero-order valence-electron chi connectivity index (χ0n) is 20.2. The Kier molecular flexibility index (Phi) is 7.82. The van der Waals surface area contributed by atoms with Crippen LogP contribution in [0.4, 0.5) is 10.1 Å². The standard InChI is InChI=1S/C27H31FN4O3/c1-20-3-5-21(6-4-20)16-29-27(34)19-32-18-26(35-2)25(33)15-24(32)17-30-11-13-31(14-12-30)23-9-7-22(28)8-10-23/h3-10,15,18H,11-14,16-17,19H2,1-2H3,(H,29,34). The molecule has 1 fully saturated rings. The molecule has 184 valence electrons. The Hall–Kier alpha value is -3.65. The molecule has 1 aliphatic rings. The number of carbonyl (C=O) groups excluding carboxylic acids is 1. The van der Waals surface area contributed by atoms with Crippen molar-refractivity contribution in [1.29, 1.82) is 0 Å². The third-order valence-corrected chi connectivity index (χ3v) is 6.28. The number of aryl methyl sites for hydroxylation is 1. The molecule has 1 saturated heterocycles. The molecule has 8 heteroatoms. The second-order valence-electron chi connectivity index (χ2n) is 8.83. The Morgan fingerprint density at radius 2 is 1.71 bits per heavy atom. The van der Waals surface area contributed by atoms with Gasteiger partial charge in [0.05, 0.1) is 13.3 Å². The molecule has 0 unspecified atom stereocenters. The van der Waals surface area contributed by atoms with E-state index in [1.165, 1.54) is 24.8 Å². The number of nitrogens with one attached hydrogen (secondary N) is 1. The predicted octanol–water partition coefficient (Wildman–Crippen LogP) is 2.94. The van der Waals surface area contributed by atoms with Crippen LogP contribution in [0.5, 0.6) is 5.75 Å². The lowest BCUT2D eigenvalue weighted by Gasteiger charge is -2.36. The maximum atomic E-state index is 13.2. The first kappa shape index (κ1) is 24.5. The second kappa shape index (κ2) is 11.2. The van der Waals surface area contributed by atoms with Gasteiger partial charge in [-0.25, -0.2) is 4.39 Å². The summed E-state index contributed by atoms with van der Waals surface area (Å²) in [6.45, 7) is 6.27. The van der Waals surface area contributed by atoms with Crippen LogP contribution in [0.2, 0.25) is 0 Å². The van der Waals surface area contributed by atoms with Crippen molar-refractivity contribution in [3.8, 4) is 5.75 Å². The van der Waals surface area contributed by atoms with Crippen molar-refractivity contribution in [3.05, 3.63) is 93.7 Å². The van der Waals surface area contributed by atoms with E-state index in [0.29, 0.717) is 13.1 Å². The average Bonchev–Trinajstić information content (AvgIpc) is 2.86. The summed E-state index contributed by atoms with van der Waals surface area (Å²) in [5.74, 6) is -0.173. The molecule has 4 rings (SSSR count). The molecule has 1 aromatic heterocycles. The zero-order valence-corrected chi connectivity index (χ0v) is 20.2. The van der Waals surface area contributed by atoms with Crippen molar-refractivity contribution < 1.29 is 13.9 Å². The summed E-state index contributed by atoms with van der Waals surface area (Å²) in [5.41, 5.74) is 3.75. The number of methoxy groups -OCH3 is 1. The first-order valence-electron chi connectivity index (χ1n) is 11.7. The molecule has 0 radical (unpaired) electrons. The smallest absolute Gasteiger partial charge is 0.240 e. The molecular weight excluding hydrogens is 447 g/mol. The minimum Gasteiger partial charge on any atom is -0.491 e. The number of nitrogens with zero attached hydrogens (tertiary/aromatic N) is 3. The number of aromatic nitrogens is 1. The first-order chi connectivity index (χ1) is 16.9. The molecule has 35 heavy (non-hydrogen) atoms. The summed E-state index contributed by atoms with van der Waals surface area (Å²) < 4.78 is 20.2. The Bertz CT molecular complexity index is 1200. The van der Waals surface area contributed by atoms with Gasteiger partial charge in [-0.3, -0.25) is 14.5 Å².